The maximum Gasteiger partial charge on any atom is 0.300 e. The summed E-state index contributed by atoms with van der Waals surface area (Å²) in [6, 6.07) is 3.48. The Labute approximate surface area is 121 Å². The number of hydrogen-bond donors (Lipinski definition) is 1. The maximum atomic E-state index is 11.0. The van der Waals surface area contributed by atoms with E-state index in [4.69, 9.17) is 0 Å². The Bertz CT molecular complexity index is 680. The van der Waals surface area contributed by atoms with E-state index >= 15 is 0 Å². The van der Waals surface area contributed by atoms with Gasteiger partial charge in [-0.25, -0.2) is 4.63 Å². The van der Waals surface area contributed by atoms with E-state index in [1.807, 2.05) is 0 Å². The molecule has 0 spiro atoms. The third-order valence-electron chi connectivity index (χ3n) is 4.16. The van der Waals surface area contributed by atoms with Crippen LogP contribution in [0, 0.1) is 15.5 Å². The summed E-state index contributed by atoms with van der Waals surface area (Å²) in [6.45, 7) is 4.54. The van der Waals surface area contributed by atoms with Crippen LogP contribution in [0.25, 0.3) is 11.0 Å². The summed E-state index contributed by atoms with van der Waals surface area (Å²) in [5.74, 6) is 0. The van der Waals surface area contributed by atoms with Crippen molar-refractivity contribution in [1.82, 2.24) is 10.3 Å². The van der Waals surface area contributed by atoms with Crippen LogP contribution in [0.3, 0.4) is 0 Å². The molecule has 0 radical (unpaired) electrons. The largest absolute Gasteiger partial charge is 0.380 e. The number of nitro groups is 1. The molecule has 1 atom stereocenters. The van der Waals surface area contributed by atoms with Gasteiger partial charge in [-0.2, -0.15) is 0 Å². The molecule has 1 aliphatic carbocycles. The summed E-state index contributed by atoms with van der Waals surface area (Å²) in [7, 11) is 0. The molecule has 1 unspecified atom stereocenters. The molecule has 7 heteroatoms. The van der Waals surface area contributed by atoms with Gasteiger partial charge in [0.15, 0.2) is 5.52 Å². The smallest absolute Gasteiger partial charge is 0.300 e. The lowest BCUT2D eigenvalue weighted by molar-refractivity contribution is -0.383. The van der Waals surface area contributed by atoms with Crippen LogP contribution in [0.4, 0.5) is 11.4 Å². The predicted molar refractivity (Wildman–Crippen MR) is 78.1 cm³/mol. The first-order valence-corrected chi connectivity index (χ1v) is 7.12. The topological polar surface area (TPSA) is 94.1 Å². The van der Waals surface area contributed by atoms with Crippen LogP contribution in [-0.4, -0.2) is 21.3 Å². The molecule has 21 heavy (non-hydrogen) atoms. The number of benzene rings is 1. The highest BCUT2D eigenvalue weighted by Gasteiger charge is 2.29. The SMILES string of the molecule is CC1(C)CCCC(Nc2ccc([N+](=O)[O-])c3nonc23)C1. The summed E-state index contributed by atoms with van der Waals surface area (Å²) in [5.41, 5.74) is 1.60. The third-order valence-corrected chi connectivity index (χ3v) is 4.16. The number of anilines is 1. The quantitative estimate of drug-likeness (QED) is 0.686. The number of rotatable bonds is 3. The molecule has 1 aromatic carbocycles. The maximum absolute atomic E-state index is 11.0. The highest BCUT2D eigenvalue weighted by molar-refractivity contribution is 5.93. The Morgan fingerprint density at radius 1 is 1.38 bits per heavy atom. The summed E-state index contributed by atoms with van der Waals surface area (Å²) < 4.78 is 4.68. The zero-order chi connectivity index (χ0) is 15.0. The second-order valence-corrected chi connectivity index (χ2v) is 6.45. The molecule has 1 N–H and O–H groups in total. The molecule has 7 nitrogen and oxygen atoms in total. The molecule has 3 rings (SSSR count). The predicted octanol–water partition coefficient (Wildman–Crippen LogP) is 3.51. The molecule has 0 amide bonds. The fourth-order valence-electron chi connectivity index (χ4n) is 3.16. The second-order valence-electron chi connectivity index (χ2n) is 6.45. The Balaban J connectivity index is 1.90. The minimum atomic E-state index is -0.472. The molecule has 0 aliphatic heterocycles. The van der Waals surface area contributed by atoms with Gasteiger partial charge in [0.1, 0.15) is 0 Å². The van der Waals surface area contributed by atoms with Crippen LogP contribution in [0.1, 0.15) is 39.5 Å². The number of nitrogens with zero attached hydrogens (tertiary/aromatic N) is 3. The van der Waals surface area contributed by atoms with Gasteiger partial charge in [0, 0.05) is 12.1 Å². The average molecular weight is 290 g/mol. The van der Waals surface area contributed by atoms with E-state index < -0.39 is 4.92 Å². The molecule has 1 saturated carbocycles. The van der Waals surface area contributed by atoms with Gasteiger partial charge in [0.2, 0.25) is 5.52 Å². The fraction of sp³-hybridized carbons (Fsp3) is 0.571. The van der Waals surface area contributed by atoms with Crippen molar-refractivity contribution >= 4 is 22.4 Å². The summed E-state index contributed by atoms with van der Waals surface area (Å²) in [4.78, 5) is 10.5. The molecule has 2 aromatic rings. The first kappa shape index (κ1) is 13.8. The van der Waals surface area contributed by atoms with Gasteiger partial charge >= 0.3 is 5.69 Å². The van der Waals surface area contributed by atoms with Crippen molar-refractivity contribution in [2.24, 2.45) is 5.41 Å². The highest BCUT2D eigenvalue weighted by Crippen LogP contribution is 2.37. The van der Waals surface area contributed by atoms with Crippen molar-refractivity contribution in [3.63, 3.8) is 0 Å². The number of fused-ring (bicyclic) bond motifs is 1. The van der Waals surface area contributed by atoms with Gasteiger partial charge in [-0.15, -0.1) is 0 Å². The van der Waals surface area contributed by atoms with Crippen LogP contribution >= 0.6 is 0 Å². The van der Waals surface area contributed by atoms with Gasteiger partial charge in [-0.05, 0) is 41.1 Å². The number of hydrogen-bond acceptors (Lipinski definition) is 6. The standard InChI is InChI=1S/C14H18N4O3/c1-14(2)7-3-4-9(8-14)15-10-5-6-11(18(19)20)13-12(10)16-21-17-13/h5-6,9,15H,3-4,7-8H2,1-2H3. The van der Waals surface area contributed by atoms with Gasteiger partial charge in [0.25, 0.3) is 0 Å². The van der Waals surface area contributed by atoms with Crippen molar-refractivity contribution in [2.45, 2.75) is 45.6 Å². The van der Waals surface area contributed by atoms with Crippen molar-refractivity contribution in [1.29, 1.82) is 0 Å². The Kier molecular flexibility index (Phi) is 3.27. The number of nitrogens with one attached hydrogen (secondary N) is 1. The van der Waals surface area contributed by atoms with E-state index in [1.54, 1.807) is 6.07 Å². The normalized spacial score (nSPS) is 21.3. The number of aromatic nitrogens is 2. The zero-order valence-corrected chi connectivity index (χ0v) is 12.1. The van der Waals surface area contributed by atoms with Gasteiger partial charge in [-0.3, -0.25) is 10.1 Å². The lowest BCUT2D eigenvalue weighted by Gasteiger charge is -2.36. The van der Waals surface area contributed by atoms with Crippen molar-refractivity contribution in [3.05, 3.63) is 22.2 Å². The molecular weight excluding hydrogens is 272 g/mol. The van der Waals surface area contributed by atoms with Gasteiger partial charge < -0.3 is 5.32 Å². The minimum Gasteiger partial charge on any atom is -0.380 e. The number of non-ortho nitro benzene ring substituents is 1. The van der Waals surface area contributed by atoms with E-state index in [-0.39, 0.29) is 11.2 Å². The van der Waals surface area contributed by atoms with Crippen LogP contribution < -0.4 is 5.32 Å². The Hall–Kier alpha value is -2.18. The lowest BCUT2D eigenvalue weighted by atomic mass is 9.75. The number of nitro benzene ring substituents is 1. The van der Waals surface area contributed by atoms with Crippen LogP contribution in [-0.2, 0) is 0 Å². The van der Waals surface area contributed by atoms with Crippen LogP contribution in [0.15, 0.2) is 16.8 Å². The molecule has 1 aliphatic rings. The lowest BCUT2D eigenvalue weighted by Crippen LogP contribution is -2.31. The Morgan fingerprint density at radius 2 is 2.14 bits per heavy atom. The van der Waals surface area contributed by atoms with E-state index in [0.717, 1.165) is 18.5 Å². The van der Waals surface area contributed by atoms with Crippen molar-refractivity contribution in [2.75, 3.05) is 5.32 Å². The van der Waals surface area contributed by atoms with E-state index in [1.165, 1.54) is 18.9 Å². The fourth-order valence-corrected chi connectivity index (χ4v) is 3.16. The molecule has 0 bridgehead atoms. The monoisotopic (exact) mass is 290 g/mol. The second kappa shape index (κ2) is 4.98. The molecule has 112 valence electrons. The highest BCUT2D eigenvalue weighted by atomic mass is 16.6. The zero-order valence-electron chi connectivity index (χ0n) is 12.1. The van der Waals surface area contributed by atoms with Gasteiger partial charge in [0.05, 0.1) is 10.6 Å². The van der Waals surface area contributed by atoms with Crippen molar-refractivity contribution in [3.8, 4) is 0 Å². The van der Waals surface area contributed by atoms with E-state index in [9.17, 15) is 10.1 Å². The Morgan fingerprint density at radius 3 is 2.86 bits per heavy atom. The first-order chi connectivity index (χ1) is 9.96. The third kappa shape index (κ3) is 2.68. The first-order valence-electron chi connectivity index (χ1n) is 7.12. The molecular formula is C14H18N4O3. The summed E-state index contributed by atoms with van der Waals surface area (Å²) >= 11 is 0. The summed E-state index contributed by atoms with van der Waals surface area (Å²) in [5, 5.41) is 21.9. The van der Waals surface area contributed by atoms with E-state index in [2.05, 4.69) is 34.1 Å². The molecule has 1 fully saturated rings. The molecule has 1 aromatic heterocycles. The molecule has 0 saturated heterocycles. The van der Waals surface area contributed by atoms with E-state index in [0.29, 0.717) is 17.0 Å². The average Bonchev–Trinajstić information content (AvgIpc) is 2.87. The van der Waals surface area contributed by atoms with Crippen molar-refractivity contribution < 1.29 is 9.55 Å². The van der Waals surface area contributed by atoms with Crippen LogP contribution in [0.5, 0.6) is 0 Å². The van der Waals surface area contributed by atoms with Gasteiger partial charge in [-0.1, -0.05) is 20.3 Å². The molecule has 1 heterocycles. The summed E-state index contributed by atoms with van der Waals surface area (Å²) in [6.07, 6.45) is 4.56. The van der Waals surface area contributed by atoms with Crippen LogP contribution in [0.2, 0.25) is 0 Å². The minimum absolute atomic E-state index is 0.0826.